The zero-order chi connectivity index (χ0) is 22.7. The fourth-order valence-electron chi connectivity index (χ4n) is 2.51. The molecule has 1 rings (SSSR count). The average Bonchev–Trinajstić information content (AvgIpc) is 2.74. The van der Waals surface area contributed by atoms with Gasteiger partial charge in [-0.15, -0.1) is 40.6 Å². The molecule has 30 heavy (non-hydrogen) atoms. The summed E-state index contributed by atoms with van der Waals surface area (Å²) in [6.45, 7) is 12.8. The first-order valence-corrected chi connectivity index (χ1v) is 10.7. The third kappa shape index (κ3) is 7.49. The molecule has 0 saturated carbocycles. The molecule has 0 aliphatic carbocycles. The summed E-state index contributed by atoms with van der Waals surface area (Å²) in [5.74, 6) is -0.994. The number of carbonyl (C=O) groups is 1. The van der Waals surface area contributed by atoms with Crippen molar-refractivity contribution in [1.29, 1.82) is 0 Å². The van der Waals surface area contributed by atoms with Crippen LogP contribution in [0.15, 0.2) is 44.7 Å². The van der Waals surface area contributed by atoms with Gasteiger partial charge in [0.15, 0.2) is 10.3 Å². The summed E-state index contributed by atoms with van der Waals surface area (Å²) >= 11 is 8.83. The van der Waals surface area contributed by atoms with E-state index in [1.807, 2.05) is 37.5 Å². The minimum atomic E-state index is -0.994. The number of nitrogens with zero attached hydrogens (tertiary/aromatic N) is 6. The van der Waals surface area contributed by atoms with E-state index >= 15 is 0 Å². The minimum absolute atomic E-state index is 0.186. The van der Waals surface area contributed by atoms with E-state index in [0.717, 1.165) is 26.2 Å². The molecule has 10 heteroatoms. The Kier molecular flexibility index (Phi) is 11.2. The molecular formula is C20H30N6O2S2. The Balaban J connectivity index is 3.40. The van der Waals surface area contributed by atoms with E-state index in [1.165, 1.54) is 12.1 Å². The summed E-state index contributed by atoms with van der Waals surface area (Å²) in [7, 11) is 0. The first-order valence-electron chi connectivity index (χ1n) is 9.78. The number of thiol groups is 2. The van der Waals surface area contributed by atoms with Crippen molar-refractivity contribution in [1.82, 2.24) is 9.80 Å². The quantitative estimate of drug-likeness (QED) is 0.231. The molecule has 0 bridgehead atoms. The smallest absolute Gasteiger partial charge is 0.335 e. The van der Waals surface area contributed by atoms with Gasteiger partial charge in [0, 0.05) is 31.7 Å². The largest absolute Gasteiger partial charge is 0.478 e. The van der Waals surface area contributed by atoms with E-state index in [2.05, 4.69) is 45.7 Å². The Morgan fingerprint density at radius 2 is 1.20 bits per heavy atom. The van der Waals surface area contributed by atoms with Crippen LogP contribution in [-0.4, -0.2) is 68.8 Å². The summed E-state index contributed by atoms with van der Waals surface area (Å²) < 4.78 is 0. The van der Waals surface area contributed by atoms with E-state index in [-0.39, 0.29) is 5.56 Å². The molecule has 1 aromatic rings. The molecule has 1 aromatic carbocycles. The first-order chi connectivity index (χ1) is 14.3. The number of hydrogen-bond donors (Lipinski definition) is 3. The molecule has 164 valence electrons. The van der Waals surface area contributed by atoms with E-state index in [0.29, 0.717) is 27.3 Å². The van der Waals surface area contributed by atoms with E-state index < -0.39 is 5.97 Å². The van der Waals surface area contributed by atoms with Crippen molar-refractivity contribution in [3.8, 4) is 0 Å². The Labute approximate surface area is 189 Å². The highest BCUT2D eigenvalue weighted by molar-refractivity contribution is 7.97. The van der Waals surface area contributed by atoms with Gasteiger partial charge < -0.3 is 14.9 Å². The second-order valence-electron chi connectivity index (χ2n) is 6.16. The summed E-state index contributed by atoms with van der Waals surface area (Å²) in [6, 6.07) is 6.36. The molecule has 0 aromatic heterocycles. The lowest BCUT2D eigenvalue weighted by molar-refractivity contribution is 0.0697. The van der Waals surface area contributed by atoms with Gasteiger partial charge in [0.05, 0.1) is 11.3 Å². The van der Waals surface area contributed by atoms with Gasteiger partial charge in [-0.3, -0.25) is 0 Å². The molecule has 8 nitrogen and oxygen atoms in total. The Morgan fingerprint density at radius 3 is 1.60 bits per heavy atom. The molecular weight excluding hydrogens is 420 g/mol. The lowest BCUT2D eigenvalue weighted by Crippen LogP contribution is -2.27. The topological polar surface area (TPSA) is 93.2 Å². The molecule has 0 radical (unpaired) electrons. The molecule has 0 unspecified atom stereocenters. The third-order valence-electron chi connectivity index (χ3n) is 4.37. The van der Waals surface area contributed by atoms with Crippen molar-refractivity contribution in [2.75, 3.05) is 26.2 Å². The SMILES string of the molecule is CCN(CC)/C(S)=N/N=C(C)/C(=N/N=C(\S)N(CC)CC)c1ccc(C(=O)O)cc1. The maximum atomic E-state index is 11.1. The van der Waals surface area contributed by atoms with Crippen molar-refractivity contribution in [2.24, 2.45) is 20.4 Å². The molecule has 0 saturated heterocycles. The first kappa shape index (κ1) is 25.7. The van der Waals surface area contributed by atoms with Crippen LogP contribution in [0.3, 0.4) is 0 Å². The van der Waals surface area contributed by atoms with Crippen molar-refractivity contribution in [2.45, 2.75) is 34.6 Å². The van der Waals surface area contributed by atoms with Gasteiger partial charge in [0.25, 0.3) is 0 Å². The van der Waals surface area contributed by atoms with Crippen LogP contribution < -0.4 is 0 Å². The number of carboxylic acid groups (broad SMARTS) is 1. The van der Waals surface area contributed by atoms with Crippen LogP contribution in [0, 0.1) is 0 Å². The monoisotopic (exact) mass is 450 g/mol. The van der Waals surface area contributed by atoms with Gasteiger partial charge in [0.1, 0.15) is 5.71 Å². The van der Waals surface area contributed by atoms with Crippen molar-refractivity contribution in [3.05, 3.63) is 35.4 Å². The molecule has 0 spiro atoms. The van der Waals surface area contributed by atoms with Crippen LogP contribution in [0.25, 0.3) is 0 Å². The molecule has 0 heterocycles. The third-order valence-corrected chi connectivity index (χ3v) is 5.11. The normalized spacial score (nSPS) is 13.4. The predicted molar refractivity (Wildman–Crippen MR) is 132 cm³/mol. The lowest BCUT2D eigenvalue weighted by Gasteiger charge is -2.18. The Bertz CT molecular complexity index is 826. The van der Waals surface area contributed by atoms with E-state index in [9.17, 15) is 4.79 Å². The number of hydrogen-bond acceptors (Lipinski definition) is 5. The van der Waals surface area contributed by atoms with Crippen molar-refractivity contribution < 1.29 is 9.90 Å². The number of rotatable bonds is 9. The molecule has 0 aliphatic heterocycles. The summed E-state index contributed by atoms with van der Waals surface area (Å²) in [5, 5.41) is 27.2. The molecule has 0 fully saturated rings. The number of benzene rings is 1. The standard InChI is InChI=1S/C20H30N6O2S2/c1-6-25(7-2)19(29)23-21-14(5)17(22-24-20(30)26(8-3)9-4)15-10-12-16(13-11-15)18(27)28/h10-13H,6-9H2,1-5H3,(H,23,29)(H,24,30)(H,27,28)/b21-14+,22-17-. The van der Waals surface area contributed by atoms with Gasteiger partial charge in [-0.25, -0.2) is 4.79 Å². The van der Waals surface area contributed by atoms with Crippen LogP contribution >= 0.6 is 25.3 Å². The highest BCUT2D eigenvalue weighted by Crippen LogP contribution is 2.10. The Morgan fingerprint density at radius 1 is 0.800 bits per heavy atom. The van der Waals surface area contributed by atoms with Crippen molar-refractivity contribution >= 4 is 53.0 Å². The summed E-state index contributed by atoms with van der Waals surface area (Å²) in [6.07, 6.45) is 0. The summed E-state index contributed by atoms with van der Waals surface area (Å²) in [4.78, 5) is 15.1. The van der Waals surface area contributed by atoms with Gasteiger partial charge in [-0.05, 0) is 46.8 Å². The second kappa shape index (κ2) is 13.1. The van der Waals surface area contributed by atoms with Crippen LogP contribution in [0.4, 0.5) is 0 Å². The van der Waals surface area contributed by atoms with Crippen LogP contribution in [0.1, 0.15) is 50.5 Å². The van der Waals surface area contributed by atoms with E-state index in [4.69, 9.17) is 5.11 Å². The zero-order valence-electron chi connectivity index (χ0n) is 18.1. The van der Waals surface area contributed by atoms with Gasteiger partial charge in [0.2, 0.25) is 0 Å². The van der Waals surface area contributed by atoms with Gasteiger partial charge in [-0.2, -0.15) is 5.10 Å². The molecule has 0 atom stereocenters. The van der Waals surface area contributed by atoms with E-state index in [1.54, 1.807) is 19.1 Å². The number of amidine groups is 2. The fraction of sp³-hybridized carbons (Fsp3) is 0.450. The van der Waals surface area contributed by atoms with Gasteiger partial charge in [-0.1, -0.05) is 12.1 Å². The van der Waals surface area contributed by atoms with Crippen molar-refractivity contribution in [3.63, 3.8) is 0 Å². The lowest BCUT2D eigenvalue weighted by atomic mass is 10.0. The summed E-state index contributed by atoms with van der Waals surface area (Å²) in [5.41, 5.74) is 1.84. The highest BCUT2D eigenvalue weighted by atomic mass is 32.1. The number of aromatic carboxylic acids is 1. The van der Waals surface area contributed by atoms with Crippen LogP contribution in [-0.2, 0) is 0 Å². The average molecular weight is 451 g/mol. The number of carboxylic acids is 1. The second-order valence-corrected chi connectivity index (χ2v) is 6.96. The minimum Gasteiger partial charge on any atom is -0.478 e. The predicted octanol–water partition coefficient (Wildman–Crippen LogP) is 3.72. The zero-order valence-corrected chi connectivity index (χ0v) is 19.9. The maximum absolute atomic E-state index is 11.1. The Hall–Kier alpha value is -2.33. The van der Waals surface area contributed by atoms with Crippen LogP contribution in [0.2, 0.25) is 0 Å². The maximum Gasteiger partial charge on any atom is 0.335 e. The molecule has 0 amide bonds. The highest BCUT2D eigenvalue weighted by Gasteiger charge is 2.12. The van der Waals surface area contributed by atoms with Gasteiger partial charge >= 0.3 is 5.97 Å². The molecule has 1 N–H and O–H groups in total. The van der Waals surface area contributed by atoms with Crippen LogP contribution in [0.5, 0.6) is 0 Å². The molecule has 0 aliphatic rings. The fourth-order valence-corrected chi connectivity index (χ4v) is 3.17.